The minimum absolute atomic E-state index is 0.0542. The second-order valence-corrected chi connectivity index (χ2v) is 11.4. The van der Waals surface area contributed by atoms with Gasteiger partial charge in [-0.3, -0.25) is 14.6 Å². The Bertz CT molecular complexity index is 1200. The zero-order valence-electron chi connectivity index (χ0n) is 21.6. The second-order valence-electron chi connectivity index (χ2n) is 11.4. The van der Waals surface area contributed by atoms with E-state index < -0.39 is 24.0 Å². The van der Waals surface area contributed by atoms with Crippen molar-refractivity contribution < 1.29 is 22.8 Å². The molecule has 0 bridgehead atoms. The number of benzene rings is 1. The van der Waals surface area contributed by atoms with E-state index >= 15 is 0 Å². The molecular formula is C28H33F3N4O2. The Morgan fingerprint density at radius 1 is 1.16 bits per heavy atom. The average molecular weight is 515 g/mol. The molecular weight excluding hydrogens is 481 g/mol. The molecule has 2 aliphatic carbocycles. The molecule has 2 aromatic rings. The second kappa shape index (κ2) is 8.74. The number of fused-ring (bicyclic) bond motifs is 1. The molecule has 198 valence electrons. The number of nitrogens with zero attached hydrogens (tertiary/aromatic N) is 3. The number of alkyl halides is 3. The number of carbonyl (C=O) groups excluding carboxylic acids is 2. The largest absolute Gasteiger partial charge is 0.414 e. The lowest BCUT2D eigenvalue weighted by Crippen LogP contribution is -2.69. The van der Waals surface area contributed by atoms with Gasteiger partial charge in [-0.1, -0.05) is 38.1 Å². The van der Waals surface area contributed by atoms with Gasteiger partial charge in [0.2, 0.25) is 11.8 Å². The number of hydrogen-bond donors (Lipinski definition) is 1. The molecule has 2 fully saturated rings. The lowest BCUT2D eigenvalue weighted by atomic mass is 9.61. The van der Waals surface area contributed by atoms with E-state index in [9.17, 15) is 22.8 Å². The van der Waals surface area contributed by atoms with Gasteiger partial charge in [-0.2, -0.15) is 13.2 Å². The SMILES string of the molecule is CC(=O)N1CCC12CC(C(=O)N(C)[C@@H](c1ccc(NC3Cc4ccccc4C3(C)C)cn1)C(F)(F)F)C2. The van der Waals surface area contributed by atoms with Crippen LogP contribution >= 0.6 is 0 Å². The van der Waals surface area contributed by atoms with Gasteiger partial charge in [-0.15, -0.1) is 0 Å². The van der Waals surface area contributed by atoms with Crippen molar-refractivity contribution in [1.82, 2.24) is 14.8 Å². The zero-order valence-corrected chi connectivity index (χ0v) is 21.6. The molecule has 1 N–H and O–H groups in total. The maximum Gasteiger partial charge on any atom is 0.414 e. The molecule has 5 rings (SSSR count). The van der Waals surface area contributed by atoms with Crippen molar-refractivity contribution >= 4 is 17.5 Å². The molecule has 2 heterocycles. The lowest BCUT2D eigenvalue weighted by Gasteiger charge is -2.61. The van der Waals surface area contributed by atoms with E-state index in [1.807, 2.05) is 12.1 Å². The first-order valence-electron chi connectivity index (χ1n) is 12.8. The van der Waals surface area contributed by atoms with E-state index in [0.717, 1.165) is 17.7 Å². The van der Waals surface area contributed by atoms with Crippen LogP contribution in [-0.4, -0.2) is 57.9 Å². The zero-order chi connectivity index (χ0) is 26.8. The van der Waals surface area contributed by atoms with Crippen LogP contribution in [0.1, 0.15) is 62.9 Å². The fourth-order valence-corrected chi connectivity index (χ4v) is 6.56. The topological polar surface area (TPSA) is 65.5 Å². The van der Waals surface area contributed by atoms with Crippen LogP contribution in [0.3, 0.4) is 0 Å². The number of carbonyl (C=O) groups is 2. The molecule has 1 aromatic carbocycles. The molecule has 1 aliphatic heterocycles. The monoisotopic (exact) mass is 514 g/mol. The number of anilines is 1. The predicted molar refractivity (Wildman–Crippen MR) is 134 cm³/mol. The van der Waals surface area contributed by atoms with Gasteiger partial charge in [-0.25, -0.2) is 0 Å². The summed E-state index contributed by atoms with van der Waals surface area (Å²) in [5, 5.41) is 3.45. The third kappa shape index (κ3) is 4.26. The maximum absolute atomic E-state index is 14.2. The molecule has 2 atom stereocenters. The number of halogens is 3. The average Bonchev–Trinajstić information content (AvgIpc) is 3.02. The first kappa shape index (κ1) is 25.5. The molecule has 1 unspecified atom stereocenters. The van der Waals surface area contributed by atoms with Crippen molar-refractivity contribution in [1.29, 1.82) is 0 Å². The number of aromatic nitrogens is 1. The van der Waals surface area contributed by atoms with Gasteiger partial charge in [-0.05, 0) is 48.9 Å². The third-order valence-electron chi connectivity index (χ3n) is 8.81. The summed E-state index contributed by atoms with van der Waals surface area (Å²) in [7, 11) is 1.20. The van der Waals surface area contributed by atoms with Gasteiger partial charge in [0, 0.05) is 43.4 Å². The number of amides is 2. The molecule has 0 radical (unpaired) electrons. The Labute approximate surface area is 215 Å². The first-order chi connectivity index (χ1) is 17.3. The van der Waals surface area contributed by atoms with Gasteiger partial charge < -0.3 is 15.1 Å². The van der Waals surface area contributed by atoms with Crippen molar-refractivity contribution in [2.75, 3.05) is 18.9 Å². The van der Waals surface area contributed by atoms with E-state index in [0.29, 0.717) is 25.1 Å². The molecule has 1 spiro atoms. The highest BCUT2D eigenvalue weighted by Gasteiger charge is 2.58. The normalized spacial score (nSPS) is 26.6. The van der Waals surface area contributed by atoms with Crippen LogP contribution in [0, 0.1) is 5.92 Å². The number of nitrogens with one attached hydrogen (secondary N) is 1. The van der Waals surface area contributed by atoms with Crippen molar-refractivity contribution in [2.24, 2.45) is 5.92 Å². The summed E-state index contributed by atoms with van der Waals surface area (Å²) in [6.45, 7) is 6.44. The molecule has 3 aliphatic rings. The Hall–Kier alpha value is -3.10. The Morgan fingerprint density at radius 2 is 1.86 bits per heavy atom. The van der Waals surface area contributed by atoms with Crippen LogP contribution in [0.15, 0.2) is 42.6 Å². The number of pyridine rings is 1. The quantitative estimate of drug-likeness (QED) is 0.619. The molecule has 1 aromatic heterocycles. The fraction of sp³-hybridized carbons (Fsp3) is 0.536. The van der Waals surface area contributed by atoms with Gasteiger partial charge in [0.25, 0.3) is 0 Å². The summed E-state index contributed by atoms with van der Waals surface area (Å²) in [4.78, 5) is 31.5. The third-order valence-corrected chi connectivity index (χ3v) is 8.81. The summed E-state index contributed by atoms with van der Waals surface area (Å²) in [5.41, 5.74) is 2.46. The van der Waals surface area contributed by atoms with Crippen LogP contribution in [0.25, 0.3) is 0 Å². The highest BCUT2D eigenvalue weighted by atomic mass is 19.4. The molecule has 6 nitrogen and oxygen atoms in total. The van der Waals surface area contributed by atoms with E-state index in [-0.39, 0.29) is 28.6 Å². The predicted octanol–water partition coefficient (Wildman–Crippen LogP) is 4.86. The highest BCUT2D eigenvalue weighted by Crippen LogP contribution is 2.52. The minimum Gasteiger partial charge on any atom is -0.380 e. The van der Waals surface area contributed by atoms with Crippen LogP contribution in [0.2, 0.25) is 0 Å². The summed E-state index contributed by atoms with van der Waals surface area (Å²) in [5.74, 6) is -1.14. The molecule has 9 heteroatoms. The molecule has 2 amide bonds. The summed E-state index contributed by atoms with van der Waals surface area (Å²) < 4.78 is 42.5. The van der Waals surface area contributed by atoms with E-state index in [1.165, 1.54) is 37.4 Å². The fourth-order valence-electron chi connectivity index (χ4n) is 6.56. The van der Waals surface area contributed by atoms with Crippen molar-refractivity contribution in [3.63, 3.8) is 0 Å². The maximum atomic E-state index is 14.2. The van der Waals surface area contributed by atoms with Crippen LogP contribution < -0.4 is 5.32 Å². The Morgan fingerprint density at radius 3 is 2.41 bits per heavy atom. The van der Waals surface area contributed by atoms with Crippen molar-refractivity contribution in [3.8, 4) is 0 Å². The van der Waals surface area contributed by atoms with Gasteiger partial charge in [0.05, 0.1) is 17.6 Å². The van der Waals surface area contributed by atoms with Crippen molar-refractivity contribution in [2.45, 2.75) is 75.7 Å². The molecule has 1 saturated carbocycles. The molecule has 1 saturated heterocycles. The minimum atomic E-state index is -4.68. The Kier molecular flexibility index (Phi) is 6.03. The van der Waals surface area contributed by atoms with Gasteiger partial charge in [0.1, 0.15) is 0 Å². The van der Waals surface area contributed by atoms with Crippen LogP contribution in [0.4, 0.5) is 18.9 Å². The van der Waals surface area contributed by atoms with Crippen molar-refractivity contribution in [3.05, 3.63) is 59.4 Å². The van der Waals surface area contributed by atoms with E-state index in [4.69, 9.17) is 0 Å². The smallest absolute Gasteiger partial charge is 0.380 e. The summed E-state index contributed by atoms with van der Waals surface area (Å²) >= 11 is 0. The van der Waals surface area contributed by atoms with Crippen LogP contribution in [-0.2, 0) is 21.4 Å². The number of rotatable bonds is 5. The van der Waals surface area contributed by atoms with E-state index in [2.05, 4.69) is 36.3 Å². The Balaban J connectivity index is 1.28. The van der Waals surface area contributed by atoms with Gasteiger partial charge in [0.15, 0.2) is 6.04 Å². The van der Waals surface area contributed by atoms with E-state index in [1.54, 1.807) is 11.0 Å². The standard InChI is InChI=1S/C28H33F3N4O2/c1-17(36)35-12-11-27(35)14-19(15-27)25(37)34(4)24(28(29,30)31)22-10-9-20(16-32-22)33-23-13-18-7-5-6-8-21(18)26(23,2)3/h5-10,16,19,23-24,33H,11-15H2,1-4H3/t19?,23?,24-,27?/m0/s1. The number of hydrogen-bond acceptors (Lipinski definition) is 4. The lowest BCUT2D eigenvalue weighted by molar-refractivity contribution is -0.197. The van der Waals surface area contributed by atoms with Crippen LogP contribution in [0.5, 0.6) is 0 Å². The van der Waals surface area contributed by atoms with Gasteiger partial charge >= 0.3 is 6.18 Å². The highest BCUT2D eigenvalue weighted by molar-refractivity contribution is 5.82. The number of likely N-dealkylation sites (tertiary alicyclic amines) is 1. The summed E-state index contributed by atoms with van der Waals surface area (Å²) in [6, 6.07) is 9.15. The molecule has 37 heavy (non-hydrogen) atoms. The summed E-state index contributed by atoms with van der Waals surface area (Å²) in [6.07, 6.45) is -0.820. The first-order valence-corrected chi connectivity index (χ1v) is 12.8.